The maximum Gasteiger partial charge on any atom is 0.176 e. The summed E-state index contributed by atoms with van der Waals surface area (Å²) in [5.41, 5.74) is 4.21. The highest BCUT2D eigenvalue weighted by atomic mass is 16.5. The third-order valence-electron chi connectivity index (χ3n) is 3.29. The van der Waals surface area contributed by atoms with Gasteiger partial charge in [-0.25, -0.2) is 0 Å². The second-order valence-electron chi connectivity index (χ2n) is 4.86. The van der Waals surface area contributed by atoms with Crippen molar-refractivity contribution in [3.8, 4) is 22.6 Å². The Morgan fingerprint density at radius 1 is 0.727 bits per heavy atom. The van der Waals surface area contributed by atoms with E-state index in [1.54, 1.807) is 14.1 Å². The Hall–Kier alpha value is -2.62. The summed E-state index contributed by atoms with van der Waals surface area (Å²) in [7, 11) is 3.35. The first kappa shape index (κ1) is 15.8. The zero-order valence-corrected chi connectivity index (χ0v) is 13.3. The molecule has 0 unspecified atom stereocenters. The molecular formula is C18H20N2O2. The Morgan fingerprint density at radius 3 is 1.50 bits per heavy atom. The monoisotopic (exact) mass is 296 g/mol. The van der Waals surface area contributed by atoms with Gasteiger partial charge < -0.3 is 9.47 Å². The highest BCUT2D eigenvalue weighted by Crippen LogP contribution is 2.40. The molecule has 0 spiro atoms. The number of benzene rings is 2. The average Bonchev–Trinajstić information content (AvgIpc) is 2.52. The van der Waals surface area contributed by atoms with Gasteiger partial charge in [0.05, 0.1) is 0 Å². The minimum atomic E-state index is 0.748. The molecule has 22 heavy (non-hydrogen) atoms. The Balaban J connectivity index is 2.65. The van der Waals surface area contributed by atoms with Gasteiger partial charge in [-0.05, 0) is 37.1 Å². The Kier molecular flexibility index (Phi) is 5.31. The van der Waals surface area contributed by atoms with E-state index in [0.29, 0.717) is 0 Å². The number of hydrogen-bond donors (Lipinski definition) is 0. The number of nitrogens with zero attached hydrogens (tertiary/aromatic N) is 2. The third kappa shape index (κ3) is 3.34. The van der Waals surface area contributed by atoms with Crippen LogP contribution in [0.2, 0.25) is 0 Å². The van der Waals surface area contributed by atoms with Crippen molar-refractivity contribution in [2.75, 3.05) is 14.1 Å². The van der Waals surface area contributed by atoms with E-state index in [1.807, 2.05) is 24.3 Å². The van der Waals surface area contributed by atoms with Gasteiger partial charge in [-0.3, -0.25) is 9.98 Å². The van der Waals surface area contributed by atoms with Gasteiger partial charge in [-0.1, -0.05) is 24.3 Å². The largest absolute Gasteiger partial charge is 0.446 e. The first-order valence-electron chi connectivity index (χ1n) is 7.03. The summed E-state index contributed by atoms with van der Waals surface area (Å²) in [6, 6.07) is 11.9. The summed E-state index contributed by atoms with van der Waals surface area (Å²) < 4.78 is 11.3. The molecule has 0 atom stereocenters. The first-order chi connectivity index (χ1) is 10.7. The van der Waals surface area contributed by atoms with Crippen LogP contribution in [-0.4, -0.2) is 26.9 Å². The number of ether oxygens (including phenoxy) is 2. The zero-order valence-electron chi connectivity index (χ0n) is 13.3. The highest BCUT2D eigenvalue weighted by Gasteiger charge is 2.16. The molecule has 0 amide bonds. The summed E-state index contributed by atoms with van der Waals surface area (Å²) >= 11 is 0. The SMILES string of the molecule is CN=COc1cccc(C)c1-c1c(C)cccc1OC=NC. The van der Waals surface area contributed by atoms with E-state index in [2.05, 4.69) is 36.0 Å². The van der Waals surface area contributed by atoms with E-state index in [9.17, 15) is 0 Å². The van der Waals surface area contributed by atoms with Crippen LogP contribution < -0.4 is 9.47 Å². The van der Waals surface area contributed by atoms with Gasteiger partial charge in [0.2, 0.25) is 0 Å². The molecule has 2 rings (SSSR count). The predicted molar refractivity (Wildman–Crippen MR) is 91.4 cm³/mol. The smallest absolute Gasteiger partial charge is 0.176 e. The van der Waals surface area contributed by atoms with Crippen molar-refractivity contribution in [3.05, 3.63) is 47.5 Å². The van der Waals surface area contributed by atoms with E-state index in [1.165, 1.54) is 12.8 Å². The molecule has 0 aliphatic heterocycles. The molecule has 4 heteroatoms. The van der Waals surface area contributed by atoms with Crippen molar-refractivity contribution in [2.24, 2.45) is 9.98 Å². The molecule has 2 aromatic carbocycles. The molecule has 0 aromatic heterocycles. The van der Waals surface area contributed by atoms with Gasteiger partial charge in [0, 0.05) is 25.2 Å². The van der Waals surface area contributed by atoms with E-state index < -0.39 is 0 Å². The molecule has 114 valence electrons. The third-order valence-corrected chi connectivity index (χ3v) is 3.29. The standard InChI is InChI=1S/C18H20N2O2/c1-13-7-5-9-15(21-11-19-3)17(13)18-14(2)8-6-10-16(18)22-12-20-4/h5-12H,1-4H3. The van der Waals surface area contributed by atoms with Crippen molar-refractivity contribution in [2.45, 2.75) is 13.8 Å². The Labute approximate surface area is 131 Å². The lowest BCUT2D eigenvalue weighted by atomic mass is 9.95. The zero-order chi connectivity index (χ0) is 15.9. The lowest BCUT2D eigenvalue weighted by molar-refractivity contribution is 0.565. The Morgan fingerprint density at radius 2 is 1.14 bits per heavy atom. The summed E-state index contributed by atoms with van der Waals surface area (Å²) in [6.45, 7) is 4.10. The Bertz CT molecular complexity index is 645. The molecule has 0 saturated carbocycles. The van der Waals surface area contributed by atoms with Crippen LogP contribution in [0.1, 0.15) is 11.1 Å². The van der Waals surface area contributed by atoms with Gasteiger partial charge in [0.1, 0.15) is 11.5 Å². The van der Waals surface area contributed by atoms with Crippen LogP contribution >= 0.6 is 0 Å². The summed E-state index contributed by atoms with van der Waals surface area (Å²) in [6.07, 6.45) is 2.87. The van der Waals surface area contributed by atoms with Crippen molar-refractivity contribution in [1.29, 1.82) is 0 Å². The van der Waals surface area contributed by atoms with Gasteiger partial charge in [0.15, 0.2) is 12.8 Å². The summed E-state index contributed by atoms with van der Waals surface area (Å²) in [4.78, 5) is 7.78. The summed E-state index contributed by atoms with van der Waals surface area (Å²) in [5.74, 6) is 1.50. The summed E-state index contributed by atoms with van der Waals surface area (Å²) in [5, 5.41) is 0. The number of aliphatic imine (C=N–C) groups is 2. The van der Waals surface area contributed by atoms with Gasteiger partial charge in [-0.2, -0.15) is 0 Å². The minimum Gasteiger partial charge on any atom is -0.446 e. The van der Waals surface area contributed by atoms with Crippen LogP contribution in [0.4, 0.5) is 0 Å². The van der Waals surface area contributed by atoms with Crippen LogP contribution in [0, 0.1) is 13.8 Å². The number of rotatable bonds is 5. The molecule has 0 bridgehead atoms. The van der Waals surface area contributed by atoms with Gasteiger partial charge in [-0.15, -0.1) is 0 Å². The lowest BCUT2D eigenvalue weighted by Crippen LogP contribution is -1.99. The predicted octanol–water partition coefficient (Wildman–Crippen LogP) is 4.04. The fourth-order valence-electron chi connectivity index (χ4n) is 2.34. The molecule has 0 aliphatic rings. The quantitative estimate of drug-likeness (QED) is 0.617. The molecule has 0 N–H and O–H groups in total. The van der Waals surface area contributed by atoms with Crippen molar-refractivity contribution >= 4 is 12.8 Å². The molecule has 0 radical (unpaired) electrons. The number of hydrogen-bond acceptors (Lipinski definition) is 4. The topological polar surface area (TPSA) is 43.2 Å². The minimum absolute atomic E-state index is 0.748. The molecule has 2 aromatic rings. The van der Waals surface area contributed by atoms with E-state index in [0.717, 1.165) is 33.8 Å². The van der Waals surface area contributed by atoms with E-state index in [4.69, 9.17) is 9.47 Å². The van der Waals surface area contributed by atoms with Crippen molar-refractivity contribution in [1.82, 2.24) is 0 Å². The molecule has 0 saturated heterocycles. The van der Waals surface area contributed by atoms with Crippen LogP contribution in [-0.2, 0) is 0 Å². The van der Waals surface area contributed by atoms with Crippen LogP contribution in [0.3, 0.4) is 0 Å². The second kappa shape index (κ2) is 7.41. The highest BCUT2D eigenvalue weighted by molar-refractivity contribution is 5.83. The molecule has 0 fully saturated rings. The van der Waals surface area contributed by atoms with E-state index >= 15 is 0 Å². The fraction of sp³-hybridized carbons (Fsp3) is 0.222. The lowest BCUT2D eigenvalue weighted by Gasteiger charge is -2.16. The fourth-order valence-corrected chi connectivity index (χ4v) is 2.34. The van der Waals surface area contributed by atoms with Crippen LogP contribution in [0.25, 0.3) is 11.1 Å². The van der Waals surface area contributed by atoms with Gasteiger partial charge >= 0.3 is 0 Å². The van der Waals surface area contributed by atoms with Gasteiger partial charge in [0.25, 0.3) is 0 Å². The number of aryl methyl sites for hydroxylation is 2. The molecule has 0 aliphatic carbocycles. The first-order valence-corrected chi connectivity index (χ1v) is 7.03. The van der Waals surface area contributed by atoms with E-state index in [-0.39, 0.29) is 0 Å². The van der Waals surface area contributed by atoms with Crippen LogP contribution in [0.15, 0.2) is 46.4 Å². The average molecular weight is 296 g/mol. The maximum absolute atomic E-state index is 5.66. The maximum atomic E-state index is 5.66. The molecular weight excluding hydrogens is 276 g/mol. The second-order valence-corrected chi connectivity index (χ2v) is 4.86. The van der Waals surface area contributed by atoms with Crippen molar-refractivity contribution < 1.29 is 9.47 Å². The molecule has 0 heterocycles. The van der Waals surface area contributed by atoms with Crippen molar-refractivity contribution in [3.63, 3.8) is 0 Å². The van der Waals surface area contributed by atoms with Crippen LogP contribution in [0.5, 0.6) is 11.5 Å². The molecule has 4 nitrogen and oxygen atoms in total. The normalized spacial score (nSPS) is 11.3.